The Morgan fingerprint density at radius 2 is 1.78 bits per heavy atom. The molecule has 3 rings (SSSR count). The Bertz CT molecular complexity index is 658. The minimum atomic E-state index is 0.917. The molecule has 1 aliphatic heterocycles. The SMILES string of the molecule is COc1ccc(/C(C)=C2\CCCN(Cc3ccccc3)C2)cc1. The van der Waals surface area contributed by atoms with Crippen molar-refractivity contribution < 1.29 is 4.74 Å². The molecule has 0 amide bonds. The zero-order valence-corrected chi connectivity index (χ0v) is 14.1. The molecule has 1 saturated heterocycles. The lowest BCUT2D eigenvalue weighted by Gasteiger charge is -2.30. The van der Waals surface area contributed by atoms with Crippen LogP contribution in [-0.2, 0) is 6.54 Å². The van der Waals surface area contributed by atoms with Gasteiger partial charge in [0.05, 0.1) is 7.11 Å². The third-order valence-electron chi connectivity index (χ3n) is 4.67. The quantitative estimate of drug-likeness (QED) is 0.807. The van der Waals surface area contributed by atoms with Crippen LogP contribution in [-0.4, -0.2) is 25.1 Å². The number of likely N-dealkylation sites (tertiary alicyclic amines) is 1. The van der Waals surface area contributed by atoms with Crippen LogP contribution >= 0.6 is 0 Å². The molecule has 1 aliphatic rings. The van der Waals surface area contributed by atoms with Gasteiger partial charge in [0, 0.05) is 13.1 Å². The van der Waals surface area contributed by atoms with Gasteiger partial charge in [0.1, 0.15) is 5.75 Å². The Morgan fingerprint density at radius 3 is 2.48 bits per heavy atom. The van der Waals surface area contributed by atoms with Gasteiger partial charge >= 0.3 is 0 Å². The number of piperidine rings is 1. The molecule has 0 aliphatic carbocycles. The van der Waals surface area contributed by atoms with Crippen molar-refractivity contribution in [1.82, 2.24) is 4.90 Å². The van der Waals surface area contributed by atoms with Gasteiger partial charge in [0.25, 0.3) is 0 Å². The zero-order valence-electron chi connectivity index (χ0n) is 14.1. The van der Waals surface area contributed by atoms with Gasteiger partial charge in [0.15, 0.2) is 0 Å². The van der Waals surface area contributed by atoms with Crippen LogP contribution in [0.4, 0.5) is 0 Å². The molecule has 1 heterocycles. The molecule has 1 fully saturated rings. The van der Waals surface area contributed by atoms with E-state index in [1.165, 1.54) is 36.1 Å². The molecule has 2 nitrogen and oxygen atoms in total. The lowest BCUT2D eigenvalue weighted by molar-refractivity contribution is 0.258. The fourth-order valence-corrected chi connectivity index (χ4v) is 3.27. The van der Waals surface area contributed by atoms with E-state index in [1.807, 2.05) is 12.1 Å². The molecule has 0 unspecified atom stereocenters. The molecule has 0 aromatic heterocycles. The van der Waals surface area contributed by atoms with E-state index >= 15 is 0 Å². The Kier molecular flexibility index (Phi) is 5.14. The van der Waals surface area contributed by atoms with Crippen LogP contribution in [0.25, 0.3) is 5.57 Å². The van der Waals surface area contributed by atoms with Crippen molar-refractivity contribution in [3.63, 3.8) is 0 Å². The minimum Gasteiger partial charge on any atom is -0.497 e. The fourth-order valence-electron chi connectivity index (χ4n) is 3.27. The molecule has 0 N–H and O–H groups in total. The van der Waals surface area contributed by atoms with Crippen LogP contribution in [0.15, 0.2) is 60.2 Å². The summed E-state index contributed by atoms with van der Waals surface area (Å²) in [6.45, 7) is 5.56. The Balaban J connectivity index is 1.73. The molecule has 0 saturated carbocycles. The van der Waals surface area contributed by atoms with Gasteiger partial charge in [-0.25, -0.2) is 0 Å². The lowest BCUT2D eigenvalue weighted by Crippen LogP contribution is -2.31. The summed E-state index contributed by atoms with van der Waals surface area (Å²) < 4.78 is 5.25. The summed E-state index contributed by atoms with van der Waals surface area (Å²) in [5, 5.41) is 0. The number of hydrogen-bond donors (Lipinski definition) is 0. The summed E-state index contributed by atoms with van der Waals surface area (Å²) in [5.74, 6) is 0.917. The molecule has 23 heavy (non-hydrogen) atoms. The first-order valence-electron chi connectivity index (χ1n) is 8.35. The topological polar surface area (TPSA) is 12.5 Å². The standard InChI is InChI=1S/C21H25NO/c1-17(19-10-12-21(23-2)13-11-19)20-9-6-14-22(16-20)15-18-7-4-3-5-8-18/h3-5,7-8,10-13H,6,9,14-16H2,1-2H3/b20-17+. The summed E-state index contributed by atoms with van der Waals surface area (Å²) in [5.41, 5.74) is 5.70. The highest BCUT2D eigenvalue weighted by atomic mass is 16.5. The number of ether oxygens (including phenoxy) is 1. The largest absolute Gasteiger partial charge is 0.497 e. The van der Waals surface area contributed by atoms with Gasteiger partial charge in [-0.05, 0) is 55.1 Å². The van der Waals surface area contributed by atoms with E-state index in [4.69, 9.17) is 4.74 Å². The average Bonchev–Trinajstić information content (AvgIpc) is 2.62. The first kappa shape index (κ1) is 15.8. The highest BCUT2D eigenvalue weighted by molar-refractivity contribution is 5.67. The highest BCUT2D eigenvalue weighted by Crippen LogP contribution is 2.27. The zero-order chi connectivity index (χ0) is 16.1. The molecule has 2 aromatic carbocycles. The second-order valence-corrected chi connectivity index (χ2v) is 6.26. The maximum absolute atomic E-state index is 5.25. The minimum absolute atomic E-state index is 0.917. The van der Waals surface area contributed by atoms with E-state index < -0.39 is 0 Å². The maximum atomic E-state index is 5.25. The number of allylic oxidation sites excluding steroid dienone is 1. The van der Waals surface area contributed by atoms with Gasteiger partial charge in [-0.2, -0.15) is 0 Å². The van der Waals surface area contributed by atoms with E-state index in [0.717, 1.165) is 18.8 Å². The van der Waals surface area contributed by atoms with Crippen LogP contribution in [0.2, 0.25) is 0 Å². The highest BCUT2D eigenvalue weighted by Gasteiger charge is 2.16. The van der Waals surface area contributed by atoms with Gasteiger partial charge < -0.3 is 4.74 Å². The Hall–Kier alpha value is -2.06. The van der Waals surface area contributed by atoms with Crippen molar-refractivity contribution in [1.29, 1.82) is 0 Å². The second kappa shape index (κ2) is 7.47. The predicted octanol–water partition coefficient (Wildman–Crippen LogP) is 4.76. The smallest absolute Gasteiger partial charge is 0.118 e. The molecule has 0 bridgehead atoms. The summed E-state index contributed by atoms with van der Waals surface area (Å²) in [6, 6.07) is 19.2. The number of hydrogen-bond acceptors (Lipinski definition) is 2. The van der Waals surface area contributed by atoms with E-state index in [2.05, 4.69) is 54.3 Å². The molecular weight excluding hydrogens is 282 g/mol. The Morgan fingerprint density at radius 1 is 1.04 bits per heavy atom. The van der Waals surface area contributed by atoms with Crippen LogP contribution in [0.1, 0.15) is 30.9 Å². The van der Waals surface area contributed by atoms with Crippen LogP contribution in [0.5, 0.6) is 5.75 Å². The second-order valence-electron chi connectivity index (χ2n) is 6.26. The van der Waals surface area contributed by atoms with E-state index in [1.54, 1.807) is 12.7 Å². The number of benzene rings is 2. The van der Waals surface area contributed by atoms with Crippen molar-refractivity contribution >= 4 is 5.57 Å². The lowest BCUT2D eigenvalue weighted by atomic mass is 9.95. The molecule has 0 radical (unpaired) electrons. The van der Waals surface area contributed by atoms with E-state index in [9.17, 15) is 0 Å². The number of rotatable bonds is 4. The van der Waals surface area contributed by atoms with Gasteiger partial charge in [-0.3, -0.25) is 4.90 Å². The normalized spacial score (nSPS) is 17.8. The molecule has 0 atom stereocenters. The van der Waals surface area contributed by atoms with Crippen molar-refractivity contribution in [2.45, 2.75) is 26.3 Å². The van der Waals surface area contributed by atoms with Crippen molar-refractivity contribution in [2.24, 2.45) is 0 Å². The third-order valence-corrected chi connectivity index (χ3v) is 4.67. The summed E-state index contributed by atoms with van der Waals surface area (Å²) in [7, 11) is 1.71. The van der Waals surface area contributed by atoms with E-state index in [-0.39, 0.29) is 0 Å². The van der Waals surface area contributed by atoms with Gasteiger partial charge in [-0.1, -0.05) is 48.0 Å². The van der Waals surface area contributed by atoms with E-state index in [0.29, 0.717) is 0 Å². The monoisotopic (exact) mass is 307 g/mol. The molecular formula is C21H25NO. The van der Waals surface area contributed by atoms with Crippen LogP contribution in [0, 0.1) is 0 Å². The summed E-state index contributed by atoms with van der Waals surface area (Å²) in [4.78, 5) is 2.56. The fraction of sp³-hybridized carbons (Fsp3) is 0.333. The van der Waals surface area contributed by atoms with Crippen molar-refractivity contribution in [2.75, 3.05) is 20.2 Å². The molecule has 0 spiro atoms. The first-order chi connectivity index (χ1) is 11.3. The number of methoxy groups -OCH3 is 1. The molecule has 120 valence electrons. The van der Waals surface area contributed by atoms with Crippen molar-refractivity contribution in [3.8, 4) is 5.75 Å². The average molecular weight is 307 g/mol. The Labute approximate surface area is 139 Å². The predicted molar refractivity (Wildman–Crippen MR) is 96.5 cm³/mol. The summed E-state index contributed by atoms with van der Waals surface area (Å²) >= 11 is 0. The third kappa shape index (κ3) is 4.02. The summed E-state index contributed by atoms with van der Waals surface area (Å²) in [6.07, 6.45) is 2.46. The molecule has 2 aromatic rings. The first-order valence-corrected chi connectivity index (χ1v) is 8.35. The van der Waals surface area contributed by atoms with Crippen molar-refractivity contribution in [3.05, 3.63) is 71.3 Å². The van der Waals surface area contributed by atoms with Crippen LogP contribution < -0.4 is 4.74 Å². The van der Waals surface area contributed by atoms with Gasteiger partial charge in [-0.15, -0.1) is 0 Å². The molecule has 2 heteroatoms. The van der Waals surface area contributed by atoms with Crippen LogP contribution in [0.3, 0.4) is 0 Å². The van der Waals surface area contributed by atoms with Gasteiger partial charge in [0.2, 0.25) is 0 Å². The number of nitrogens with zero attached hydrogens (tertiary/aromatic N) is 1. The maximum Gasteiger partial charge on any atom is 0.118 e.